The highest BCUT2D eigenvalue weighted by Gasteiger charge is 2.19. The second kappa shape index (κ2) is 5.33. The quantitative estimate of drug-likeness (QED) is 0.546. The molecule has 0 N–H and O–H groups in total. The fourth-order valence-corrected chi connectivity index (χ4v) is 2.24. The highest BCUT2D eigenvalue weighted by atomic mass is 16.6. The molecule has 1 heterocycles. The summed E-state index contributed by atoms with van der Waals surface area (Å²) in [4.78, 5) is 22.8. The Balaban J connectivity index is 2.31. The van der Waals surface area contributed by atoms with Crippen molar-refractivity contribution in [1.29, 1.82) is 0 Å². The van der Waals surface area contributed by atoms with E-state index in [4.69, 9.17) is 9.15 Å². The summed E-state index contributed by atoms with van der Waals surface area (Å²) in [7, 11) is 1.46. The van der Waals surface area contributed by atoms with Crippen molar-refractivity contribution in [1.82, 2.24) is 0 Å². The van der Waals surface area contributed by atoms with Crippen molar-refractivity contribution < 1.29 is 14.1 Å². The van der Waals surface area contributed by atoms with Gasteiger partial charge in [0.2, 0.25) is 0 Å². The minimum absolute atomic E-state index is 0.134. The van der Waals surface area contributed by atoms with E-state index >= 15 is 0 Å². The Morgan fingerprint density at radius 3 is 2.64 bits per heavy atom. The van der Waals surface area contributed by atoms with Crippen LogP contribution in [0.25, 0.3) is 22.3 Å². The molecule has 0 spiro atoms. The third-order valence-corrected chi connectivity index (χ3v) is 3.30. The average molecular weight is 297 g/mol. The molecule has 0 saturated carbocycles. The highest BCUT2D eigenvalue weighted by Crippen LogP contribution is 2.33. The lowest BCUT2D eigenvalue weighted by atomic mass is 10.1. The minimum atomic E-state index is -0.524. The molecule has 0 aliphatic heterocycles. The van der Waals surface area contributed by atoms with Gasteiger partial charge in [-0.3, -0.25) is 14.9 Å². The van der Waals surface area contributed by atoms with Crippen molar-refractivity contribution in [3.8, 4) is 17.1 Å². The number of benzene rings is 2. The number of nitro groups is 1. The van der Waals surface area contributed by atoms with E-state index in [0.717, 1.165) is 0 Å². The summed E-state index contributed by atoms with van der Waals surface area (Å²) in [6.07, 6.45) is 0. The molecule has 0 unspecified atom stereocenters. The monoisotopic (exact) mass is 297 g/mol. The van der Waals surface area contributed by atoms with E-state index in [1.165, 1.54) is 31.4 Å². The molecule has 0 radical (unpaired) electrons. The first-order valence-corrected chi connectivity index (χ1v) is 6.46. The summed E-state index contributed by atoms with van der Waals surface area (Å²) in [5.74, 6) is 0.575. The fraction of sp³-hybridized carbons (Fsp3) is 0.0625. The van der Waals surface area contributed by atoms with Crippen molar-refractivity contribution in [2.24, 2.45) is 0 Å². The van der Waals surface area contributed by atoms with Crippen molar-refractivity contribution >= 4 is 16.7 Å². The van der Waals surface area contributed by atoms with E-state index in [9.17, 15) is 14.9 Å². The van der Waals surface area contributed by atoms with Gasteiger partial charge < -0.3 is 9.15 Å². The first-order valence-electron chi connectivity index (χ1n) is 6.46. The van der Waals surface area contributed by atoms with Crippen LogP contribution in [-0.2, 0) is 0 Å². The van der Waals surface area contributed by atoms with Gasteiger partial charge >= 0.3 is 0 Å². The Bertz CT molecular complexity index is 929. The Labute approximate surface area is 124 Å². The molecule has 0 saturated heterocycles. The van der Waals surface area contributed by atoms with Crippen LogP contribution in [0.1, 0.15) is 0 Å². The molecule has 6 nitrogen and oxygen atoms in total. The van der Waals surface area contributed by atoms with Crippen LogP contribution in [-0.4, -0.2) is 12.0 Å². The summed E-state index contributed by atoms with van der Waals surface area (Å²) < 4.78 is 10.7. The molecule has 110 valence electrons. The van der Waals surface area contributed by atoms with Gasteiger partial charge in [-0.15, -0.1) is 0 Å². The Hall–Kier alpha value is -3.15. The molecule has 2 aromatic carbocycles. The van der Waals surface area contributed by atoms with Gasteiger partial charge in [-0.1, -0.05) is 12.1 Å². The maximum atomic E-state index is 12.1. The number of fused-ring (bicyclic) bond motifs is 1. The van der Waals surface area contributed by atoms with E-state index in [2.05, 4.69) is 0 Å². The van der Waals surface area contributed by atoms with Crippen LogP contribution >= 0.6 is 0 Å². The normalized spacial score (nSPS) is 10.6. The lowest BCUT2D eigenvalue weighted by Crippen LogP contribution is -2.01. The molecular formula is C16H11NO5. The highest BCUT2D eigenvalue weighted by molar-refractivity contribution is 5.80. The van der Waals surface area contributed by atoms with Crippen LogP contribution in [0.5, 0.6) is 5.75 Å². The topological polar surface area (TPSA) is 82.6 Å². The van der Waals surface area contributed by atoms with Gasteiger partial charge in [-0.2, -0.15) is 0 Å². The summed E-state index contributed by atoms with van der Waals surface area (Å²) in [5, 5.41) is 11.6. The molecule has 1 aromatic heterocycles. The Morgan fingerprint density at radius 2 is 1.91 bits per heavy atom. The predicted molar refractivity (Wildman–Crippen MR) is 81.1 cm³/mol. The minimum Gasteiger partial charge on any atom is -0.497 e. The van der Waals surface area contributed by atoms with Crippen LogP contribution in [0.15, 0.2) is 57.7 Å². The molecule has 3 aromatic rings. The molecule has 0 fully saturated rings. The number of hydrogen-bond acceptors (Lipinski definition) is 5. The molecule has 6 heteroatoms. The molecule has 3 rings (SSSR count). The zero-order valence-electron chi connectivity index (χ0n) is 11.6. The number of nitrogens with zero attached hydrogens (tertiary/aromatic N) is 1. The van der Waals surface area contributed by atoms with E-state index in [0.29, 0.717) is 16.7 Å². The fourth-order valence-electron chi connectivity index (χ4n) is 2.24. The van der Waals surface area contributed by atoms with Crippen LogP contribution in [0.4, 0.5) is 5.69 Å². The zero-order chi connectivity index (χ0) is 15.7. The van der Waals surface area contributed by atoms with Crippen molar-refractivity contribution in [3.05, 3.63) is 68.9 Å². The summed E-state index contributed by atoms with van der Waals surface area (Å²) >= 11 is 0. The number of nitro benzene ring substituents is 1. The van der Waals surface area contributed by atoms with Gasteiger partial charge in [-0.05, 0) is 24.3 Å². The Kier molecular flexibility index (Phi) is 3.34. The molecule has 0 aliphatic rings. The van der Waals surface area contributed by atoms with Crippen LogP contribution in [0.2, 0.25) is 0 Å². The maximum Gasteiger partial charge on any atom is 0.280 e. The number of para-hydroxylation sites is 1. The SMILES string of the molecule is COc1ccc([N+](=O)[O-])c(-c2cc(=O)c3ccccc3o2)c1. The molecular weight excluding hydrogens is 286 g/mol. The first-order chi connectivity index (χ1) is 10.6. The summed E-state index contributed by atoms with van der Waals surface area (Å²) in [6.45, 7) is 0. The Morgan fingerprint density at radius 1 is 1.14 bits per heavy atom. The van der Waals surface area contributed by atoms with Crippen LogP contribution in [0.3, 0.4) is 0 Å². The average Bonchev–Trinajstić information content (AvgIpc) is 2.54. The van der Waals surface area contributed by atoms with Gasteiger partial charge in [0, 0.05) is 12.1 Å². The number of methoxy groups -OCH3 is 1. The van der Waals surface area contributed by atoms with Crippen LogP contribution < -0.4 is 10.2 Å². The second-order valence-corrected chi connectivity index (χ2v) is 4.61. The van der Waals surface area contributed by atoms with E-state index in [1.54, 1.807) is 24.3 Å². The first kappa shape index (κ1) is 13.8. The van der Waals surface area contributed by atoms with Crippen molar-refractivity contribution in [2.75, 3.05) is 7.11 Å². The largest absolute Gasteiger partial charge is 0.497 e. The molecule has 0 bridgehead atoms. The predicted octanol–water partition coefficient (Wildman–Crippen LogP) is 3.38. The molecule has 0 aliphatic carbocycles. The van der Waals surface area contributed by atoms with Gasteiger partial charge in [0.05, 0.1) is 23.0 Å². The lowest BCUT2D eigenvalue weighted by molar-refractivity contribution is -0.384. The number of rotatable bonds is 3. The van der Waals surface area contributed by atoms with Gasteiger partial charge in [0.25, 0.3) is 5.69 Å². The van der Waals surface area contributed by atoms with E-state index in [-0.39, 0.29) is 22.4 Å². The maximum absolute atomic E-state index is 12.1. The molecule has 0 atom stereocenters. The lowest BCUT2D eigenvalue weighted by Gasteiger charge is -2.06. The van der Waals surface area contributed by atoms with Gasteiger partial charge in [-0.25, -0.2) is 0 Å². The third kappa shape index (κ3) is 2.31. The number of hydrogen-bond donors (Lipinski definition) is 0. The third-order valence-electron chi connectivity index (χ3n) is 3.30. The summed E-state index contributed by atoms with van der Waals surface area (Å²) in [6, 6.07) is 12.3. The molecule has 22 heavy (non-hydrogen) atoms. The van der Waals surface area contributed by atoms with Crippen molar-refractivity contribution in [3.63, 3.8) is 0 Å². The second-order valence-electron chi connectivity index (χ2n) is 4.61. The van der Waals surface area contributed by atoms with Gasteiger partial charge in [0.15, 0.2) is 5.43 Å². The van der Waals surface area contributed by atoms with Gasteiger partial charge in [0.1, 0.15) is 17.1 Å². The van der Waals surface area contributed by atoms with E-state index in [1.807, 2.05) is 0 Å². The smallest absolute Gasteiger partial charge is 0.280 e. The molecule has 0 amide bonds. The van der Waals surface area contributed by atoms with Crippen LogP contribution in [0, 0.1) is 10.1 Å². The van der Waals surface area contributed by atoms with E-state index < -0.39 is 4.92 Å². The number of ether oxygens (including phenoxy) is 1. The van der Waals surface area contributed by atoms with Crippen molar-refractivity contribution in [2.45, 2.75) is 0 Å². The summed E-state index contributed by atoms with van der Waals surface area (Å²) in [5.41, 5.74) is 0.169. The zero-order valence-corrected chi connectivity index (χ0v) is 11.6. The standard InChI is InChI=1S/C16H11NO5/c1-21-10-6-7-13(17(19)20)12(8-10)16-9-14(18)11-4-2-3-5-15(11)22-16/h2-9H,1H3.